The average molecular weight is 471 g/mol. The minimum Gasteiger partial charge on any atom is -0.490 e. The maximum Gasteiger partial charge on any atom is 0.159 e. The molecule has 0 bridgehead atoms. The number of unbranched alkanes of at least 4 members (excludes halogenated alkanes) is 9. The highest BCUT2D eigenvalue weighted by atomic mass is 19.1. The second-order valence-electron chi connectivity index (χ2n) is 9.79. The number of rotatable bonds is 19. The van der Waals surface area contributed by atoms with Gasteiger partial charge in [-0.05, 0) is 30.7 Å². The largest absolute Gasteiger partial charge is 0.490 e. The van der Waals surface area contributed by atoms with Crippen LogP contribution in [-0.2, 0) is 6.42 Å². The van der Waals surface area contributed by atoms with Gasteiger partial charge >= 0.3 is 0 Å². The predicted octanol–water partition coefficient (Wildman–Crippen LogP) is 9.15. The first-order valence-electron chi connectivity index (χ1n) is 13.8. The van der Waals surface area contributed by atoms with Crippen LogP contribution in [0, 0.1) is 5.92 Å². The lowest BCUT2D eigenvalue weighted by Crippen LogP contribution is -2.16. The molecule has 3 nitrogen and oxygen atoms in total. The molecule has 2 rings (SSSR count). The molecule has 0 spiro atoms. The molecule has 0 radical (unpaired) electrons. The average Bonchev–Trinajstić information content (AvgIpc) is 2.87. The highest BCUT2D eigenvalue weighted by molar-refractivity contribution is 5.55. The van der Waals surface area contributed by atoms with Crippen molar-refractivity contribution >= 4 is 0 Å². The van der Waals surface area contributed by atoms with E-state index in [1.807, 2.05) is 6.92 Å². The molecule has 2 unspecified atom stereocenters. The van der Waals surface area contributed by atoms with Gasteiger partial charge in [0.25, 0.3) is 0 Å². The first-order chi connectivity index (χ1) is 16.6. The summed E-state index contributed by atoms with van der Waals surface area (Å²) >= 11 is 0. The lowest BCUT2D eigenvalue weighted by atomic mass is 9.97. The number of aryl methyl sites for hydroxylation is 1. The van der Waals surface area contributed by atoms with Crippen LogP contribution in [0.25, 0.3) is 11.4 Å². The third-order valence-corrected chi connectivity index (χ3v) is 6.70. The van der Waals surface area contributed by atoms with E-state index < -0.39 is 6.17 Å². The van der Waals surface area contributed by atoms with Crippen molar-refractivity contribution in [3.8, 4) is 17.1 Å². The fourth-order valence-electron chi connectivity index (χ4n) is 4.28. The van der Waals surface area contributed by atoms with E-state index >= 15 is 0 Å². The number of hydrogen-bond donors (Lipinski definition) is 0. The van der Waals surface area contributed by atoms with E-state index in [0.717, 1.165) is 31.2 Å². The number of halogens is 1. The van der Waals surface area contributed by atoms with Crippen molar-refractivity contribution in [1.29, 1.82) is 0 Å². The SMILES string of the molecule is CCCCCCCCCCCc1ccc(-c2ncc(OCCC(F)C(C)CCCC)cn2)cc1. The lowest BCUT2D eigenvalue weighted by Gasteiger charge is -2.16. The van der Waals surface area contributed by atoms with Crippen LogP contribution in [0.5, 0.6) is 5.75 Å². The van der Waals surface area contributed by atoms with Gasteiger partial charge in [-0.25, -0.2) is 14.4 Å². The van der Waals surface area contributed by atoms with Gasteiger partial charge in [0.05, 0.1) is 19.0 Å². The normalized spacial score (nSPS) is 13.1. The zero-order valence-corrected chi connectivity index (χ0v) is 21.9. The van der Waals surface area contributed by atoms with Crippen LogP contribution < -0.4 is 4.74 Å². The molecule has 1 aromatic heterocycles. The Morgan fingerprint density at radius 1 is 0.765 bits per heavy atom. The second kappa shape index (κ2) is 17.5. The Morgan fingerprint density at radius 3 is 1.97 bits per heavy atom. The summed E-state index contributed by atoms with van der Waals surface area (Å²) in [4.78, 5) is 8.89. The molecule has 2 atom stereocenters. The minimum atomic E-state index is -0.819. The van der Waals surface area contributed by atoms with Gasteiger partial charge in [0, 0.05) is 12.0 Å². The van der Waals surface area contributed by atoms with E-state index in [0.29, 0.717) is 24.6 Å². The Hall–Kier alpha value is -1.97. The molecule has 0 aliphatic carbocycles. The maximum atomic E-state index is 14.2. The third-order valence-electron chi connectivity index (χ3n) is 6.70. The Balaban J connectivity index is 1.65. The Morgan fingerprint density at radius 2 is 1.35 bits per heavy atom. The summed E-state index contributed by atoms with van der Waals surface area (Å²) in [6.45, 7) is 6.75. The van der Waals surface area contributed by atoms with Crippen LogP contribution in [0.3, 0.4) is 0 Å². The third kappa shape index (κ3) is 11.4. The first-order valence-corrected chi connectivity index (χ1v) is 13.8. The summed E-state index contributed by atoms with van der Waals surface area (Å²) in [6, 6.07) is 8.58. The molecule has 1 heterocycles. The van der Waals surface area contributed by atoms with Crippen LogP contribution in [0.4, 0.5) is 4.39 Å². The van der Waals surface area contributed by atoms with Gasteiger partial charge in [0.15, 0.2) is 11.6 Å². The number of nitrogens with zero attached hydrogens (tertiary/aromatic N) is 2. The molecule has 34 heavy (non-hydrogen) atoms. The van der Waals surface area contributed by atoms with Crippen molar-refractivity contribution in [2.24, 2.45) is 5.92 Å². The van der Waals surface area contributed by atoms with Crippen LogP contribution in [-0.4, -0.2) is 22.7 Å². The molecule has 4 heteroatoms. The van der Waals surface area contributed by atoms with Gasteiger partial charge in [-0.3, -0.25) is 0 Å². The molecule has 1 aromatic carbocycles. The van der Waals surface area contributed by atoms with Gasteiger partial charge in [0.2, 0.25) is 0 Å². The molecule has 0 amide bonds. The molecule has 0 aliphatic rings. The number of benzene rings is 1. The Kier molecular flexibility index (Phi) is 14.5. The highest BCUT2D eigenvalue weighted by Crippen LogP contribution is 2.21. The number of ether oxygens (including phenoxy) is 1. The van der Waals surface area contributed by atoms with Gasteiger partial charge in [0.1, 0.15) is 6.17 Å². The van der Waals surface area contributed by atoms with Crippen LogP contribution in [0.1, 0.15) is 110 Å². The molecular weight excluding hydrogens is 423 g/mol. The molecule has 0 saturated carbocycles. The summed E-state index contributed by atoms with van der Waals surface area (Å²) in [7, 11) is 0. The summed E-state index contributed by atoms with van der Waals surface area (Å²) in [5.41, 5.74) is 2.39. The van der Waals surface area contributed by atoms with Crippen molar-refractivity contribution in [2.45, 2.75) is 117 Å². The summed E-state index contributed by atoms with van der Waals surface area (Å²) < 4.78 is 19.9. The Bertz CT molecular complexity index is 747. The smallest absolute Gasteiger partial charge is 0.159 e. The second-order valence-corrected chi connectivity index (χ2v) is 9.79. The van der Waals surface area contributed by atoms with Crippen molar-refractivity contribution in [1.82, 2.24) is 9.97 Å². The summed E-state index contributed by atoms with van der Waals surface area (Å²) in [6.07, 6.45) is 19.5. The topological polar surface area (TPSA) is 35.0 Å². The minimum absolute atomic E-state index is 0.0884. The van der Waals surface area contributed by atoms with Gasteiger partial charge in [-0.2, -0.15) is 0 Å². The van der Waals surface area contributed by atoms with E-state index in [9.17, 15) is 4.39 Å². The van der Waals surface area contributed by atoms with Crippen LogP contribution in [0.15, 0.2) is 36.7 Å². The standard InChI is InChI=1S/C30H47FN2O/c1-4-6-8-9-10-11-12-13-14-16-26-17-19-27(20-18-26)30-32-23-28(24-33-30)34-22-21-29(31)25(3)15-7-5-2/h17-20,23-25,29H,4-16,21-22H2,1-3H3. The van der Waals surface area contributed by atoms with Gasteiger partial charge in [-0.15, -0.1) is 0 Å². The molecule has 0 aliphatic heterocycles. The molecule has 190 valence electrons. The van der Waals surface area contributed by atoms with Crippen molar-refractivity contribution < 1.29 is 9.13 Å². The number of aromatic nitrogens is 2. The summed E-state index contributed by atoms with van der Waals surface area (Å²) in [5, 5.41) is 0. The van der Waals surface area contributed by atoms with Crippen molar-refractivity contribution in [3.63, 3.8) is 0 Å². The molecule has 0 N–H and O–H groups in total. The van der Waals surface area contributed by atoms with E-state index in [1.165, 1.54) is 63.4 Å². The van der Waals surface area contributed by atoms with Crippen molar-refractivity contribution in [3.05, 3.63) is 42.2 Å². The molecule has 0 saturated heterocycles. The first kappa shape index (κ1) is 28.3. The maximum absolute atomic E-state index is 14.2. The van der Waals surface area contributed by atoms with Gasteiger partial charge < -0.3 is 4.74 Å². The highest BCUT2D eigenvalue weighted by Gasteiger charge is 2.15. The van der Waals surface area contributed by atoms with E-state index in [4.69, 9.17) is 4.74 Å². The zero-order valence-electron chi connectivity index (χ0n) is 21.9. The number of hydrogen-bond acceptors (Lipinski definition) is 3. The predicted molar refractivity (Wildman–Crippen MR) is 142 cm³/mol. The van der Waals surface area contributed by atoms with E-state index in [-0.39, 0.29) is 5.92 Å². The number of alkyl halides is 1. The lowest BCUT2D eigenvalue weighted by molar-refractivity contribution is 0.177. The monoisotopic (exact) mass is 470 g/mol. The summed E-state index contributed by atoms with van der Waals surface area (Å²) in [5.74, 6) is 1.38. The van der Waals surface area contributed by atoms with Crippen LogP contribution >= 0.6 is 0 Å². The van der Waals surface area contributed by atoms with E-state index in [2.05, 4.69) is 48.1 Å². The molecule has 0 fully saturated rings. The fraction of sp³-hybridized carbons (Fsp3) is 0.667. The Labute approximate surface area is 208 Å². The van der Waals surface area contributed by atoms with E-state index in [1.54, 1.807) is 12.4 Å². The molecular formula is C30H47FN2O. The van der Waals surface area contributed by atoms with Gasteiger partial charge in [-0.1, -0.05) is 109 Å². The zero-order chi connectivity index (χ0) is 24.4. The molecule has 2 aromatic rings. The fourth-order valence-corrected chi connectivity index (χ4v) is 4.28. The quantitative estimate of drug-likeness (QED) is 0.192. The van der Waals surface area contributed by atoms with Crippen molar-refractivity contribution in [2.75, 3.05) is 6.61 Å². The van der Waals surface area contributed by atoms with Crippen LogP contribution in [0.2, 0.25) is 0 Å².